The highest BCUT2D eigenvalue weighted by molar-refractivity contribution is 4.84. The minimum Gasteiger partial charge on any atom is -0.389 e. The molecule has 0 bridgehead atoms. The summed E-state index contributed by atoms with van der Waals surface area (Å²) in [6.07, 6.45) is 5.17. The molecule has 2 N–H and O–H groups in total. The Bertz CT molecular complexity index is 195. The predicted molar refractivity (Wildman–Crippen MR) is 82.5 cm³/mol. The van der Waals surface area contributed by atoms with Crippen LogP contribution in [0.3, 0.4) is 0 Å². The molecule has 0 aliphatic carbocycles. The van der Waals surface area contributed by atoms with E-state index < -0.39 is 6.10 Å². The molecule has 19 heavy (non-hydrogen) atoms. The van der Waals surface area contributed by atoms with E-state index in [0.717, 1.165) is 38.2 Å². The van der Waals surface area contributed by atoms with Gasteiger partial charge in [-0.05, 0) is 38.0 Å². The van der Waals surface area contributed by atoms with Gasteiger partial charge in [-0.25, -0.2) is 0 Å². The fraction of sp³-hybridized carbons (Fsp3) is 1.00. The number of rotatable bonds is 12. The summed E-state index contributed by atoms with van der Waals surface area (Å²) in [5, 5.41) is 13.4. The average molecular weight is 273 g/mol. The predicted octanol–water partition coefficient (Wildman–Crippen LogP) is 3.36. The molecule has 0 aromatic rings. The van der Waals surface area contributed by atoms with Crippen molar-refractivity contribution in [2.45, 2.75) is 78.4 Å². The topological polar surface area (TPSA) is 41.5 Å². The molecule has 3 nitrogen and oxygen atoms in total. The van der Waals surface area contributed by atoms with Crippen molar-refractivity contribution >= 4 is 0 Å². The van der Waals surface area contributed by atoms with Gasteiger partial charge in [0.15, 0.2) is 0 Å². The SMILES string of the molecule is CCC(CC)(CC)NCC(O)COCCCC(C)C. The van der Waals surface area contributed by atoms with Crippen molar-refractivity contribution in [1.29, 1.82) is 0 Å². The second-order valence-corrected chi connectivity index (χ2v) is 5.99. The number of aliphatic hydroxyl groups is 1. The summed E-state index contributed by atoms with van der Waals surface area (Å²) in [5.41, 5.74) is 0.179. The molecule has 0 saturated heterocycles. The van der Waals surface area contributed by atoms with Crippen LogP contribution in [0.4, 0.5) is 0 Å². The number of hydrogen-bond donors (Lipinski definition) is 2. The van der Waals surface area contributed by atoms with Gasteiger partial charge in [0.1, 0.15) is 0 Å². The first-order chi connectivity index (χ1) is 8.99. The lowest BCUT2D eigenvalue weighted by molar-refractivity contribution is 0.0297. The fourth-order valence-electron chi connectivity index (χ4n) is 2.33. The minimum atomic E-state index is -0.400. The lowest BCUT2D eigenvalue weighted by atomic mass is 9.90. The first-order valence-corrected chi connectivity index (χ1v) is 8.00. The largest absolute Gasteiger partial charge is 0.389 e. The smallest absolute Gasteiger partial charge is 0.0897 e. The molecule has 0 aromatic heterocycles. The van der Waals surface area contributed by atoms with Gasteiger partial charge in [0.05, 0.1) is 12.7 Å². The Labute approximate surface area is 120 Å². The Kier molecular flexibility index (Phi) is 10.6. The van der Waals surface area contributed by atoms with Gasteiger partial charge in [0.2, 0.25) is 0 Å². The molecule has 1 unspecified atom stereocenters. The number of ether oxygens (including phenoxy) is 1. The van der Waals surface area contributed by atoms with Crippen molar-refractivity contribution in [1.82, 2.24) is 5.32 Å². The Morgan fingerprint density at radius 1 is 1.11 bits per heavy atom. The number of nitrogens with one attached hydrogen (secondary N) is 1. The molecule has 3 heteroatoms. The second-order valence-electron chi connectivity index (χ2n) is 5.99. The zero-order valence-corrected chi connectivity index (χ0v) is 13.7. The Hall–Kier alpha value is -0.120. The Balaban J connectivity index is 3.71. The quantitative estimate of drug-likeness (QED) is 0.536. The van der Waals surface area contributed by atoms with Crippen LogP contribution in [0, 0.1) is 5.92 Å². The summed E-state index contributed by atoms with van der Waals surface area (Å²) in [5.74, 6) is 0.731. The molecule has 0 amide bonds. The molecule has 0 aliphatic rings. The van der Waals surface area contributed by atoms with Crippen LogP contribution in [0.1, 0.15) is 66.7 Å². The van der Waals surface area contributed by atoms with Crippen molar-refractivity contribution in [3.05, 3.63) is 0 Å². The van der Waals surface area contributed by atoms with E-state index in [1.54, 1.807) is 0 Å². The van der Waals surface area contributed by atoms with E-state index >= 15 is 0 Å². The maximum absolute atomic E-state index is 9.92. The van der Waals surface area contributed by atoms with E-state index in [4.69, 9.17) is 4.74 Å². The molecule has 0 radical (unpaired) electrons. The number of aliphatic hydroxyl groups excluding tert-OH is 1. The van der Waals surface area contributed by atoms with Crippen molar-refractivity contribution in [2.75, 3.05) is 19.8 Å². The minimum absolute atomic E-state index is 0.179. The molecule has 0 heterocycles. The van der Waals surface area contributed by atoms with E-state index in [1.807, 2.05) is 0 Å². The molecule has 0 aromatic carbocycles. The van der Waals surface area contributed by atoms with Crippen LogP contribution < -0.4 is 5.32 Å². The van der Waals surface area contributed by atoms with Crippen LogP contribution in [-0.2, 0) is 4.74 Å². The summed E-state index contributed by atoms with van der Waals surface area (Å²) in [6.45, 7) is 12.9. The van der Waals surface area contributed by atoms with Crippen LogP contribution in [0.15, 0.2) is 0 Å². The first kappa shape index (κ1) is 18.9. The third-order valence-electron chi connectivity index (χ3n) is 4.12. The number of β-amino-alcohol motifs (C(OH)–C–C–N with tert-alkyl or cyclic N) is 1. The average Bonchev–Trinajstić information content (AvgIpc) is 2.40. The van der Waals surface area contributed by atoms with Crippen molar-refractivity contribution in [3.63, 3.8) is 0 Å². The van der Waals surface area contributed by atoms with E-state index in [0.29, 0.717) is 13.2 Å². The lowest BCUT2D eigenvalue weighted by Crippen LogP contribution is -2.47. The highest BCUT2D eigenvalue weighted by Gasteiger charge is 2.23. The van der Waals surface area contributed by atoms with E-state index in [9.17, 15) is 5.11 Å². The van der Waals surface area contributed by atoms with Crippen LogP contribution in [-0.4, -0.2) is 36.5 Å². The van der Waals surface area contributed by atoms with Crippen molar-refractivity contribution in [2.24, 2.45) is 5.92 Å². The second kappa shape index (κ2) is 10.6. The van der Waals surface area contributed by atoms with Gasteiger partial charge in [-0.3, -0.25) is 0 Å². The Morgan fingerprint density at radius 3 is 2.16 bits per heavy atom. The van der Waals surface area contributed by atoms with Gasteiger partial charge < -0.3 is 15.2 Å². The van der Waals surface area contributed by atoms with Gasteiger partial charge >= 0.3 is 0 Å². The molecule has 0 spiro atoms. The van der Waals surface area contributed by atoms with Gasteiger partial charge in [-0.2, -0.15) is 0 Å². The van der Waals surface area contributed by atoms with Gasteiger partial charge in [-0.15, -0.1) is 0 Å². The molecule has 0 fully saturated rings. The maximum atomic E-state index is 9.92. The molecule has 116 valence electrons. The van der Waals surface area contributed by atoms with E-state index in [1.165, 1.54) is 6.42 Å². The maximum Gasteiger partial charge on any atom is 0.0897 e. The van der Waals surface area contributed by atoms with Crippen LogP contribution in [0.5, 0.6) is 0 Å². The van der Waals surface area contributed by atoms with Crippen molar-refractivity contribution < 1.29 is 9.84 Å². The Morgan fingerprint density at radius 2 is 1.68 bits per heavy atom. The molecule has 0 rings (SSSR count). The van der Waals surface area contributed by atoms with Crippen molar-refractivity contribution in [3.8, 4) is 0 Å². The summed E-state index contributed by atoms with van der Waals surface area (Å²) < 4.78 is 5.52. The monoisotopic (exact) mass is 273 g/mol. The van der Waals surface area contributed by atoms with Crippen LogP contribution >= 0.6 is 0 Å². The van der Waals surface area contributed by atoms with E-state index in [-0.39, 0.29) is 5.54 Å². The fourth-order valence-corrected chi connectivity index (χ4v) is 2.33. The normalized spacial score (nSPS) is 14.1. The summed E-state index contributed by atoms with van der Waals surface area (Å²) in [6, 6.07) is 0. The summed E-state index contributed by atoms with van der Waals surface area (Å²) in [4.78, 5) is 0. The molecule has 1 atom stereocenters. The zero-order valence-electron chi connectivity index (χ0n) is 13.7. The summed E-state index contributed by atoms with van der Waals surface area (Å²) in [7, 11) is 0. The standard InChI is InChI=1S/C16H35NO2/c1-6-16(7-2,8-3)17-12-15(18)13-19-11-9-10-14(4)5/h14-15,17-18H,6-13H2,1-5H3. The van der Waals surface area contributed by atoms with Crippen LogP contribution in [0.2, 0.25) is 0 Å². The molecular formula is C16H35NO2. The number of hydrogen-bond acceptors (Lipinski definition) is 3. The lowest BCUT2D eigenvalue weighted by Gasteiger charge is -2.33. The van der Waals surface area contributed by atoms with Gasteiger partial charge in [-0.1, -0.05) is 34.6 Å². The first-order valence-electron chi connectivity index (χ1n) is 8.00. The third-order valence-corrected chi connectivity index (χ3v) is 4.12. The van der Waals surface area contributed by atoms with E-state index in [2.05, 4.69) is 39.9 Å². The zero-order chi connectivity index (χ0) is 14.7. The van der Waals surface area contributed by atoms with Crippen LogP contribution in [0.25, 0.3) is 0 Å². The third kappa shape index (κ3) is 8.61. The molecular weight excluding hydrogens is 238 g/mol. The highest BCUT2D eigenvalue weighted by Crippen LogP contribution is 2.18. The molecule has 0 aliphatic heterocycles. The highest BCUT2D eigenvalue weighted by atomic mass is 16.5. The summed E-state index contributed by atoms with van der Waals surface area (Å²) >= 11 is 0. The van der Waals surface area contributed by atoms with Gasteiger partial charge in [0, 0.05) is 18.7 Å². The van der Waals surface area contributed by atoms with Gasteiger partial charge in [0.25, 0.3) is 0 Å². The molecule has 0 saturated carbocycles.